The Kier molecular flexibility index (Phi) is 17.2. The summed E-state index contributed by atoms with van der Waals surface area (Å²) in [5.74, 6) is 1.45. The fourth-order valence-corrected chi connectivity index (χ4v) is 13.4. The predicted octanol–water partition coefficient (Wildman–Crippen LogP) is 11.1. The fourth-order valence-electron chi connectivity index (χ4n) is 12.9. The van der Waals surface area contributed by atoms with Gasteiger partial charge in [0.2, 0.25) is 11.8 Å². The third-order valence-corrected chi connectivity index (χ3v) is 18.4. The summed E-state index contributed by atoms with van der Waals surface area (Å²) < 4.78 is 0. The van der Waals surface area contributed by atoms with Crippen LogP contribution in [-0.4, -0.2) is 129 Å². The molecular weight excluding hydrogens is 1070 g/mol. The number of carbonyl (C=O) groups excluding carboxylic acids is 2. The van der Waals surface area contributed by atoms with E-state index < -0.39 is 5.97 Å². The van der Waals surface area contributed by atoms with E-state index in [0.29, 0.717) is 49.1 Å². The summed E-state index contributed by atoms with van der Waals surface area (Å²) in [6, 6.07) is 37.9. The molecule has 0 unspecified atom stereocenters. The molecule has 8 aliphatic rings. The first kappa shape index (κ1) is 55.8. The van der Waals surface area contributed by atoms with E-state index in [1.807, 2.05) is 101 Å². The van der Waals surface area contributed by atoms with Gasteiger partial charge in [-0.3, -0.25) is 14.4 Å². The number of anilines is 2. The monoisotopic (exact) mass is 1140 g/mol. The van der Waals surface area contributed by atoms with Crippen molar-refractivity contribution in [2.24, 2.45) is 33.2 Å². The van der Waals surface area contributed by atoms with E-state index in [0.717, 1.165) is 155 Å². The lowest BCUT2D eigenvalue weighted by molar-refractivity contribution is -0.145. The second kappa shape index (κ2) is 25.0. The Morgan fingerprint density at radius 1 is 0.432 bits per heavy atom. The zero-order valence-electron chi connectivity index (χ0n) is 45.8. The standard InChI is InChI=1S/2C24H27ClN4O2.C15H17NO3/c2*25-20-7-4-12-26-22(20)28-13-15-29(16-14-28)23(30)19-8-10-24(11-9-19)17-21(27-31-24)18-5-2-1-3-6-18;17-14(18)12-6-8-15(9-7-12)10-13(16-19-15)11-4-2-1-3-5-11/h2*1-7,12,19H,8-11,13-17H2;1-5,12H,6-10H2,(H,17,18). The van der Waals surface area contributed by atoms with Gasteiger partial charge in [-0.05, 0) is 118 Å². The molecular formula is C63H71Cl2N9O7. The third-order valence-electron chi connectivity index (χ3n) is 17.8. The molecule has 13 rings (SSSR count). The quantitative estimate of drug-likeness (QED) is 0.157. The van der Waals surface area contributed by atoms with Crippen molar-refractivity contribution >= 4 is 69.8 Å². The van der Waals surface area contributed by atoms with Crippen molar-refractivity contribution in [2.75, 3.05) is 62.2 Å². The number of piperazine rings is 2. The predicted molar refractivity (Wildman–Crippen MR) is 314 cm³/mol. The van der Waals surface area contributed by atoms with Crippen LogP contribution in [0.1, 0.15) is 113 Å². The minimum Gasteiger partial charge on any atom is -0.481 e. The van der Waals surface area contributed by atoms with Crippen LogP contribution in [0.15, 0.2) is 143 Å². The number of hydrogen-bond donors (Lipinski definition) is 1. The van der Waals surface area contributed by atoms with Gasteiger partial charge in [-0.15, -0.1) is 0 Å². The number of oxime groups is 3. The van der Waals surface area contributed by atoms with Gasteiger partial charge in [-0.2, -0.15) is 0 Å². The molecule has 3 aromatic carbocycles. The molecule has 1 N–H and O–H groups in total. The molecule has 424 valence electrons. The number of aliphatic carboxylic acids is 1. The number of benzene rings is 3. The van der Waals surface area contributed by atoms with Gasteiger partial charge in [-0.25, -0.2) is 9.97 Å². The molecule has 5 fully saturated rings. The second-order valence-corrected chi connectivity index (χ2v) is 23.8. The number of amides is 2. The lowest BCUT2D eigenvalue weighted by Crippen LogP contribution is -2.51. The van der Waals surface area contributed by atoms with Gasteiger partial charge in [0.1, 0.15) is 28.4 Å². The van der Waals surface area contributed by atoms with Crippen LogP contribution in [0, 0.1) is 17.8 Å². The van der Waals surface area contributed by atoms with Crippen LogP contribution in [0.4, 0.5) is 11.6 Å². The smallest absolute Gasteiger partial charge is 0.306 e. The Morgan fingerprint density at radius 2 is 0.741 bits per heavy atom. The van der Waals surface area contributed by atoms with E-state index >= 15 is 0 Å². The number of aromatic nitrogens is 2. The van der Waals surface area contributed by atoms with Crippen molar-refractivity contribution in [3.63, 3.8) is 0 Å². The highest BCUT2D eigenvalue weighted by Gasteiger charge is 2.47. The minimum absolute atomic E-state index is 0.0833. The number of pyridine rings is 2. The average molecular weight is 1140 g/mol. The average Bonchev–Trinajstić information content (AvgIpc) is 4.37. The van der Waals surface area contributed by atoms with Crippen molar-refractivity contribution < 1.29 is 34.0 Å². The van der Waals surface area contributed by atoms with Crippen molar-refractivity contribution in [1.29, 1.82) is 0 Å². The molecule has 0 bridgehead atoms. The summed E-state index contributed by atoms with van der Waals surface area (Å²) in [6.07, 6.45) is 15.9. The first-order chi connectivity index (χ1) is 39.5. The van der Waals surface area contributed by atoms with Crippen LogP contribution >= 0.6 is 23.2 Å². The first-order valence-corrected chi connectivity index (χ1v) is 29.6. The van der Waals surface area contributed by atoms with Crippen molar-refractivity contribution in [1.82, 2.24) is 19.8 Å². The number of rotatable bonds is 8. The Morgan fingerprint density at radius 3 is 1.04 bits per heavy atom. The van der Waals surface area contributed by atoms with E-state index in [-0.39, 0.29) is 46.4 Å². The Labute approximate surface area is 484 Å². The highest BCUT2D eigenvalue weighted by molar-refractivity contribution is 6.33. The molecule has 5 aromatic rings. The summed E-state index contributed by atoms with van der Waals surface area (Å²) in [5.41, 5.74) is 5.68. The number of carboxylic acid groups (broad SMARTS) is 1. The summed E-state index contributed by atoms with van der Waals surface area (Å²) >= 11 is 12.6. The van der Waals surface area contributed by atoms with E-state index in [1.54, 1.807) is 12.4 Å². The molecule has 0 radical (unpaired) electrons. The summed E-state index contributed by atoms with van der Waals surface area (Å²) in [4.78, 5) is 72.0. The molecule has 3 spiro atoms. The van der Waals surface area contributed by atoms with Gasteiger partial charge in [0.15, 0.2) is 0 Å². The Balaban J connectivity index is 0.000000132. The highest BCUT2D eigenvalue weighted by atomic mass is 35.5. The van der Waals surface area contributed by atoms with E-state index in [4.69, 9.17) is 42.8 Å². The van der Waals surface area contributed by atoms with E-state index in [1.165, 1.54) is 0 Å². The fraction of sp³-hybridized carbons (Fsp3) is 0.460. The SMILES string of the molecule is O=C(C1CCC2(CC1)CC(c1ccccc1)=NO2)N1CCN(c2ncccc2Cl)CC1.O=C(C1CCC2(CC1)CC(c1ccccc1)=NO2)N1CCN(c2ncccc2Cl)CC1.O=C(O)C1CCC2(CC1)CC(c1ccccc1)=NO2. The van der Waals surface area contributed by atoms with Crippen LogP contribution in [0.3, 0.4) is 0 Å². The molecule has 2 saturated heterocycles. The largest absolute Gasteiger partial charge is 0.481 e. The number of carboxylic acids is 1. The number of hydrogen-bond acceptors (Lipinski definition) is 13. The van der Waals surface area contributed by atoms with Crippen LogP contribution in [0.5, 0.6) is 0 Å². The molecule has 3 aliphatic carbocycles. The lowest BCUT2D eigenvalue weighted by atomic mass is 9.75. The van der Waals surface area contributed by atoms with Gasteiger partial charge < -0.3 is 39.2 Å². The van der Waals surface area contributed by atoms with Crippen LogP contribution in [0.25, 0.3) is 0 Å². The molecule has 3 saturated carbocycles. The summed E-state index contributed by atoms with van der Waals surface area (Å²) in [6.45, 7) is 5.90. The van der Waals surface area contributed by atoms with Crippen LogP contribution in [0.2, 0.25) is 10.0 Å². The molecule has 18 heteroatoms. The summed E-state index contributed by atoms with van der Waals surface area (Å²) in [5, 5.41) is 23.3. The Bertz CT molecular complexity index is 2910. The molecule has 16 nitrogen and oxygen atoms in total. The van der Waals surface area contributed by atoms with Gasteiger partial charge in [0.05, 0.1) is 33.1 Å². The van der Waals surface area contributed by atoms with Gasteiger partial charge in [0.25, 0.3) is 0 Å². The molecule has 0 atom stereocenters. The van der Waals surface area contributed by atoms with Gasteiger partial charge >= 0.3 is 5.97 Å². The van der Waals surface area contributed by atoms with Crippen LogP contribution in [-0.2, 0) is 28.9 Å². The van der Waals surface area contributed by atoms with Gasteiger partial charge in [0, 0.05) is 95.9 Å². The summed E-state index contributed by atoms with van der Waals surface area (Å²) in [7, 11) is 0. The molecule has 2 aromatic heterocycles. The van der Waals surface area contributed by atoms with Crippen molar-refractivity contribution in [2.45, 2.75) is 113 Å². The van der Waals surface area contributed by atoms with Gasteiger partial charge in [-0.1, -0.05) is 130 Å². The maximum absolute atomic E-state index is 13.1. The maximum atomic E-state index is 13.1. The zero-order valence-corrected chi connectivity index (χ0v) is 47.3. The molecule has 5 aliphatic heterocycles. The number of nitrogens with zero attached hydrogens (tertiary/aromatic N) is 9. The Hall–Kier alpha value is -7.04. The van der Waals surface area contributed by atoms with E-state index in [9.17, 15) is 14.4 Å². The molecule has 2 amide bonds. The normalized spacial score (nSPS) is 26.9. The molecule has 81 heavy (non-hydrogen) atoms. The lowest BCUT2D eigenvalue weighted by Gasteiger charge is -2.40. The number of carbonyl (C=O) groups is 3. The molecule has 7 heterocycles. The van der Waals surface area contributed by atoms with Crippen LogP contribution < -0.4 is 9.80 Å². The maximum Gasteiger partial charge on any atom is 0.306 e. The van der Waals surface area contributed by atoms with E-state index in [2.05, 4.69) is 59.5 Å². The van der Waals surface area contributed by atoms with Crippen molar-refractivity contribution in [3.05, 3.63) is 154 Å². The zero-order chi connectivity index (χ0) is 55.8. The minimum atomic E-state index is -0.683. The third kappa shape index (κ3) is 13.0. The van der Waals surface area contributed by atoms with Crippen molar-refractivity contribution in [3.8, 4) is 0 Å². The first-order valence-electron chi connectivity index (χ1n) is 28.9. The second-order valence-electron chi connectivity index (χ2n) is 23.0. The number of halogens is 2. The highest BCUT2D eigenvalue weighted by Crippen LogP contribution is 2.45. The topological polar surface area (TPSA) is 175 Å².